The topological polar surface area (TPSA) is 53.5 Å². The van der Waals surface area contributed by atoms with Crippen molar-refractivity contribution in [1.82, 2.24) is 10.6 Å². The van der Waals surface area contributed by atoms with Gasteiger partial charge in [-0.1, -0.05) is 41.4 Å². The fourth-order valence-corrected chi connectivity index (χ4v) is 4.86. The van der Waals surface area contributed by atoms with Crippen molar-refractivity contribution < 1.29 is 4.21 Å². The van der Waals surface area contributed by atoms with Gasteiger partial charge in [0.25, 0.3) is 0 Å². The first-order valence-electron chi connectivity index (χ1n) is 8.78. The quantitative estimate of drug-likeness (QED) is 0.322. The maximum atomic E-state index is 12.1. The van der Waals surface area contributed by atoms with Crippen LogP contribution >= 0.6 is 39.9 Å². The molecule has 4 nitrogen and oxygen atoms in total. The van der Waals surface area contributed by atoms with Gasteiger partial charge in [0, 0.05) is 38.9 Å². The average molecular weight is 542 g/mol. The van der Waals surface area contributed by atoms with Gasteiger partial charge in [-0.25, -0.2) is 4.99 Å². The molecular weight excluding hydrogens is 513 g/mol. The van der Waals surface area contributed by atoms with Crippen molar-refractivity contribution in [2.45, 2.75) is 57.4 Å². The Bertz CT molecular complexity index is 585. The number of aliphatic imine (C=N–C) groups is 1. The molecule has 0 amide bonds. The summed E-state index contributed by atoms with van der Waals surface area (Å²) in [4.78, 5) is 4.71. The minimum absolute atomic E-state index is 0. The molecule has 0 spiro atoms. The standard InChI is InChI=1S/C18H28BrN3OS.HI/c1-3-20-18(21-13-14-7-5-8-15(19)11-14)22-16-9-6-10-17(12-16)24(23)4-2;/h5,7-8,11,16-17H,3-4,6,9-10,12-13H2,1-2H3,(H2,20,21,22);1H. The SMILES string of the molecule is CCNC(=NCc1cccc(Br)c1)NC1CCCC(S(=O)CC)C1.I. The summed E-state index contributed by atoms with van der Waals surface area (Å²) in [6, 6.07) is 8.58. The molecule has 7 heteroatoms. The summed E-state index contributed by atoms with van der Waals surface area (Å²) in [5.41, 5.74) is 1.18. The molecule has 1 fully saturated rings. The molecule has 3 unspecified atom stereocenters. The van der Waals surface area contributed by atoms with E-state index in [-0.39, 0.29) is 24.0 Å². The summed E-state index contributed by atoms with van der Waals surface area (Å²) in [7, 11) is -0.694. The van der Waals surface area contributed by atoms with E-state index in [2.05, 4.69) is 45.6 Å². The van der Waals surface area contributed by atoms with Crippen molar-refractivity contribution in [3.63, 3.8) is 0 Å². The van der Waals surface area contributed by atoms with Crippen molar-refractivity contribution in [3.05, 3.63) is 34.3 Å². The predicted octanol–water partition coefficient (Wildman–Crippen LogP) is 4.20. The van der Waals surface area contributed by atoms with Crippen LogP contribution in [0.4, 0.5) is 0 Å². The predicted molar refractivity (Wildman–Crippen MR) is 122 cm³/mol. The minimum atomic E-state index is -0.694. The van der Waals surface area contributed by atoms with E-state index in [9.17, 15) is 4.21 Å². The van der Waals surface area contributed by atoms with Crippen LogP contribution in [-0.2, 0) is 17.3 Å². The summed E-state index contributed by atoms with van der Waals surface area (Å²) >= 11 is 3.50. The van der Waals surface area contributed by atoms with Crippen LogP contribution in [0, 0.1) is 0 Å². The normalized spacial score (nSPS) is 22.0. The largest absolute Gasteiger partial charge is 0.357 e. The Balaban J connectivity index is 0.00000312. The van der Waals surface area contributed by atoms with E-state index in [0.29, 0.717) is 17.8 Å². The highest BCUT2D eigenvalue weighted by atomic mass is 127. The maximum absolute atomic E-state index is 12.1. The number of nitrogens with zero attached hydrogens (tertiary/aromatic N) is 1. The maximum Gasteiger partial charge on any atom is 0.191 e. The molecule has 1 aliphatic rings. The Kier molecular flexibility index (Phi) is 11.2. The van der Waals surface area contributed by atoms with Gasteiger partial charge >= 0.3 is 0 Å². The molecule has 142 valence electrons. The molecule has 0 aliphatic heterocycles. The number of benzene rings is 1. The molecule has 0 heterocycles. The Morgan fingerprint density at radius 1 is 1.36 bits per heavy atom. The molecule has 2 rings (SSSR count). The highest BCUT2D eigenvalue weighted by Crippen LogP contribution is 2.23. The third-order valence-electron chi connectivity index (χ3n) is 4.28. The van der Waals surface area contributed by atoms with Crippen LogP contribution in [0.3, 0.4) is 0 Å². The molecule has 0 aromatic heterocycles. The van der Waals surface area contributed by atoms with E-state index < -0.39 is 10.8 Å². The van der Waals surface area contributed by atoms with Gasteiger partial charge < -0.3 is 10.6 Å². The fourth-order valence-electron chi connectivity index (χ4n) is 3.07. The van der Waals surface area contributed by atoms with E-state index in [0.717, 1.165) is 48.4 Å². The van der Waals surface area contributed by atoms with Crippen LogP contribution in [0.2, 0.25) is 0 Å². The van der Waals surface area contributed by atoms with Gasteiger partial charge in [0.05, 0.1) is 6.54 Å². The number of guanidine groups is 1. The number of halogens is 2. The van der Waals surface area contributed by atoms with E-state index in [1.807, 2.05) is 19.1 Å². The molecule has 1 aromatic rings. The van der Waals surface area contributed by atoms with Gasteiger partial charge in [0.1, 0.15) is 0 Å². The first-order valence-corrected chi connectivity index (χ1v) is 11.0. The monoisotopic (exact) mass is 541 g/mol. The zero-order valence-electron chi connectivity index (χ0n) is 15.0. The zero-order valence-corrected chi connectivity index (χ0v) is 19.7. The van der Waals surface area contributed by atoms with Crippen molar-refractivity contribution in [2.24, 2.45) is 4.99 Å². The highest BCUT2D eigenvalue weighted by molar-refractivity contribution is 14.0. The summed E-state index contributed by atoms with van der Waals surface area (Å²) in [6.07, 6.45) is 4.32. The van der Waals surface area contributed by atoms with Gasteiger partial charge in [0.15, 0.2) is 5.96 Å². The zero-order chi connectivity index (χ0) is 17.4. The van der Waals surface area contributed by atoms with Crippen LogP contribution in [0.1, 0.15) is 45.1 Å². The lowest BCUT2D eigenvalue weighted by Crippen LogP contribution is -2.46. The van der Waals surface area contributed by atoms with E-state index in [4.69, 9.17) is 4.99 Å². The molecule has 1 saturated carbocycles. The molecule has 3 atom stereocenters. The van der Waals surface area contributed by atoms with Crippen molar-refractivity contribution in [3.8, 4) is 0 Å². The van der Waals surface area contributed by atoms with E-state index in [1.165, 1.54) is 5.56 Å². The van der Waals surface area contributed by atoms with Crippen molar-refractivity contribution in [1.29, 1.82) is 0 Å². The van der Waals surface area contributed by atoms with Crippen LogP contribution in [0.25, 0.3) is 0 Å². The third kappa shape index (κ3) is 7.95. The smallest absolute Gasteiger partial charge is 0.191 e. The van der Waals surface area contributed by atoms with Gasteiger partial charge in [-0.3, -0.25) is 4.21 Å². The number of nitrogens with one attached hydrogen (secondary N) is 2. The van der Waals surface area contributed by atoms with E-state index in [1.54, 1.807) is 0 Å². The van der Waals surface area contributed by atoms with Gasteiger partial charge in [-0.15, -0.1) is 24.0 Å². The average Bonchev–Trinajstić information content (AvgIpc) is 2.59. The van der Waals surface area contributed by atoms with Crippen LogP contribution in [-0.4, -0.2) is 33.8 Å². The molecule has 0 bridgehead atoms. The van der Waals surface area contributed by atoms with Gasteiger partial charge in [-0.05, 0) is 43.9 Å². The first-order chi connectivity index (χ1) is 11.6. The number of hydrogen-bond acceptors (Lipinski definition) is 2. The minimum Gasteiger partial charge on any atom is -0.357 e. The summed E-state index contributed by atoms with van der Waals surface area (Å²) < 4.78 is 13.2. The molecule has 1 aromatic carbocycles. The lowest BCUT2D eigenvalue weighted by molar-refractivity contribution is 0.413. The second kappa shape index (κ2) is 12.3. The van der Waals surface area contributed by atoms with Gasteiger partial charge in [0.2, 0.25) is 0 Å². The lowest BCUT2D eigenvalue weighted by atomic mass is 9.95. The molecule has 2 N–H and O–H groups in total. The van der Waals surface area contributed by atoms with Crippen LogP contribution < -0.4 is 10.6 Å². The second-order valence-corrected chi connectivity index (χ2v) is 9.05. The molecule has 0 saturated heterocycles. The number of hydrogen-bond donors (Lipinski definition) is 2. The molecule has 1 aliphatic carbocycles. The van der Waals surface area contributed by atoms with Crippen molar-refractivity contribution >= 4 is 56.7 Å². The fraction of sp³-hybridized carbons (Fsp3) is 0.611. The first kappa shape index (κ1) is 22.9. The summed E-state index contributed by atoms with van der Waals surface area (Å²) in [5.74, 6) is 1.61. The second-order valence-electron chi connectivity index (χ2n) is 6.12. The number of rotatable bonds is 6. The van der Waals surface area contributed by atoms with Crippen LogP contribution in [0.5, 0.6) is 0 Å². The Morgan fingerprint density at radius 2 is 2.16 bits per heavy atom. The Morgan fingerprint density at radius 3 is 2.84 bits per heavy atom. The third-order valence-corrected chi connectivity index (χ3v) is 6.51. The molecule has 0 radical (unpaired) electrons. The van der Waals surface area contributed by atoms with Crippen LogP contribution in [0.15, 0.2) is 33.7 Å². The Hall–Kier alpha value is -0.150. The van der Waals surface area contributed by atoms with E-state index >= 15 is 0 Å². The summed E-state index contributed by atoms with van der Waals surface area (Å²) in [5, 5.41) is 7.20. The summed E-state index contributed by atoms with van der Waals surface area (Å²) in [6.45, 7) is 5.57. The highest BCUT2D eigenvalue weighted by Gasteiger charge is 2.25. The molecular formula is C18H29BrIN3OS. The molecule has 25 heavy (non-hydrogen) atoms. The Labute approximate surface area is 179 Å². The van der Waals surface area contributed by atoms with Gasteiger partial charge in [-0.2, -0.15) is 0 Å². The lowest BCUT2D eigenvalue weighted by Gasteiger charge is -2.30. The van der Waals surface area contributed by atoms with Crippen molar-refractivity contribution in [2.75, 3.05) is 12.3 Å².